The van der Waals surface area contributed by atoms with Gasteiger partial charge in [0.05, 0.1) is 18.9 Å². The van der Waals surface area contributed by atoms with Gasteiger partial charge >= 0.3 is 0 Å². The molecule has 6 nitrogen and oxygen atoms in total. The molecule has 0 aliphatic carbocycles. The van der Waals surface area contributed by atoms with Gasteiger partial charge in [-0.3, -0.25) is 0 Å². The Labute approximate surface area is 199 Å². The van der Waals surface area contributed by atoms with E-state index in [0.29, 0.717) is 6.61 Å². The number of aromatic nitrogens is 2. The van der Waals surface area contributed by atoms with Crippen molar-refractivity contribution in [2.24, 2.45) is 0 Å². The van der Waals surface area contributed by atoms with Gasteiger partial charge in [-0.15, -0.1) is 0 Å². The zero-order chi connectivity index (χ0) is 22.9. The number of nitrogens with one attached hydrogen (secondary N) is 1. The molecule has 2 aromatic rings. The highest BCUT2D eigenvalue weighted by Gasteiger charge is 2.19. The van der Waals surface area contributed by atoms with Crippen molar-refractivity contribution in [2.45, 2.75) is 65.4 Å². The molecule has 4 heterocycles. The van der Waals surface area contributed by atoms with Crippen LogP contribution in [0.25, 0.3) is 11.4 Å². The molecule has 0 amide bonds. The summed E-state index contributed by atoms with van der Waals surface area (Å²) < 4.78 is 5.72. The van der Waals surface area contributed by atoms with E-state index in [4.69, 9.17) is 14.7 Å². The first kappa shape index (κ1) is 24.0. The number of ether oxygens (including phenoxy) is 1. The van der Waals surface area contributed by atoms with Crippen LogP contribution in [-0.4, -0.2) is 60.7 Å². The molecule has 0 bridgehead atoms. The predicted molar refractivity (Wildman–Crippen MR) is 137 cm³/mol. The van der Waals surface area contributed by atoms with Crippen LogP contribution in [0, 0.1) is 0 Å². The molecule has 1 N–H and O–H groups in total. The van der Waals surface area contributed by atoms with Crippen LogP contribution < -0.4 is 10.2 Å². The van der Waals surface area contributed by atoms with Crippen molar-refractivity contribution in [1.29, 1.82) is 0 Å². The SMILES string of the molecule is CC.c1cc(N2CCCCC2)ccc1-c1nc2c(c(NCCCN3CCCC3)n1)COCC2. The molecular formula is C27H41N5O. The van der Waals surface area contributed by atoms with Gasteiger partial charge in [-0.25, -0.2) is 9.97 Å². The summed E-state index contributed by atoms with van der Waals surface area (Å²) in [6.45, 7) is 12.3. The highest BCUT2D eigenvalue weighted by Crippen LogP contribution is 2.28. The second kappa shape index (κ2) is 12.3. The average Bonchev–Trinajstić information content (AvgIpc) is 3.42. The van der Waals surface area contributed by atoms with E-state index < -0.39 is 0 Å². The minimum absolute atomic E-state index is 0.609. The Morgan fingerprint density at radius 3 is 2.39 bits per heavy atom. The summed E-state index contributed by atoms with van der Waals surface area (Å²) in [5, 5.41) is 3.60. The lowest BCUT2D eigenvalue weighted by Gasteiger charge is -2.28. The third-order valence-electron chi connectivity index (χ3n) is 6.81. The van der Waals surface area contributed by atoms with Crippen molar-refractivity contribution in [2.75, 3.05) is 56.1 Å². The molecule has 3 aliphatic rings. The van der Waals surface area contributed by atoms with E-state index in [1.807, 2.05) is 13.8 Å². The van der Waals surface area contributed by atoms with Crippen LogP contribution in [0.2, 0.25) is 0 Å². The highest BCUT2D eigenvalue weighted by atomic mass is 16.5. The van der Waals surface area contributed by atoms with Crippen molar-refractivity contribution in [1.82, 2.24) is 14.9 Å². The molecule has 3 aliphatic heterocycles. The Kier molecular flexibility index (Phi) is 8.95. The first-order valence-electron chi connectivity index (χ1n) is 13.2. The monoisotopic (exact) mass is 451 g/mol. The fourth-order valence-electron chi connectivity index (χ4n) is 5.00. The van der Waals surface area contributed by atoms with Crippen molar-refractivity contribution in [3.63, 3.8) is 0 Å². The first-order chi connectivity index (χ1) is 16.4. The lowest BCUT2D eigenvalue weighted by atomic mass is 10.1. The van der Waals surface area contributed by atoms with E-state index >= 15 is 0 Å². The Morgan fingerprint density at radius 2 is 1.64 bits per heavy atom. The molecular weight excluding hydrogens is 410 g/mol. The molecule has 2 fully saturated rings. The van der Waals surface area contributed by atoms with E-state index in [9.17, 15) is 0 Å². The molecule has 180 valence electrons. The van der Waals surface area contributed by atoms with Gasteiger partial charge < -0.3 is 19.9 Å². The van der Waals surface area contributed by atoms with Crippen LogP contribution in [0.3, 0.4) is 0 Å². The van der Waals surface area contributed by atoms with Gasteiger partial charge in [0.2, 0.25) is 0 Å². The summed E-state index contributed by atoms with van der Waals surface area (Å²) in [5.74, 6) is 1.79. The minimum Gasteiger partial charge on any atom is -0.376 e. The molecule has 0 radical (unpaired) electrons. The molecule has 1 aromatic carbocycles. The quantitative estimate of drug-likeness (QED) is 0.589. The number of hydrogen-bond acceptors (Lipinski definition) is 6. The van der Waals surface area contributed by atoms with Crippen LogP contribution >= 0.6 is 0 Å². The van der Waals surface area contributed by atoms with E-state index in [1.54, 1.807) is 0 Å². The van der Waals surface area contributed by atoms with E-state index in [1.165, 1.54) is 70.5 Å². The Morgan fingerprint density at radius 1 is 0.909 bits per heavy atom. The lowest BCUT2D eigenvalue weighted by molar-refractivity contribution is 0.109. The van der Waals surface area contributed by atoms with Crippen molar-refractivity contribution in [3.05, 3.63) is 35.5 Å². The number of likely N-dealkylation sites (tertiary alicyclic amines) is 1. The number of rotatable bonds is 7. The fourth-order valence-corrected chi connectivity index (χ4v) is 5.00. The molecule has 2 saturated heterocycles. The summed E-state index contributed by atoms with van der Waals surface area (Å²) in [6, 6.07) is 8.83. The normalized spacial score (nSPS) is 18.4. The topological polar surface area (TPSA) is 53.5 Å². The van der Waals surface area contributed by atoms with Crippen molar-refractivity contribution < 1.29 is 4.74 Å². The number of fused-ring (bicyclic) bond motifs is 1. The summed E-state index contributed by atoms with van der Waals surface area (Å²) in [6.07, 6.45) is 8.65. The molecule has 0 spiro atoms. The molecule has 33 heavy (non-hydrogen) atoms. The summed E-state index contributed by atoms with van der Waals surface area (Å²) >= 11 is 0. The second-order valence-corrected chi connectivity index (χ2v) is 9.05. The highest BCUT2D eigenvalue weighted by molar-refractivity contribution is 5.63. The number of nitrogens with zero attached hydrogens (tertiary/aromatic N) is 4. The fraction of sp³-hybridized carbons (Fsp3) is 0.630. The van der Waals surface area contributed by atoms with Gasteiger partial charge in [0.1, 0.15) is 5.82 Å². The summed E-state index contributed by atoms with van der Waals surface area (Å²) in [5.41, 5.74) is 4.68. The minimum atomic E-state index is 0.609. The van der Waals surface area contributed by atoms with Gasteiger partial charge in [0, 0.05) is 42.9 Å². The maximum atomic E-state index is 5.72. The summed E-state index contributed by atoms with van der Waals surface area (Å²) in [4.78, 5) is 14.9. The lowest BCUT2D eigenvalue weighted by Crippen LogP contribution is -2.29. The molecule has 5 rings (SSSR count). The van der Waals surface area contributed by atoms with Crippen molar-refractivity contribution in [3.8, 4) is 11.4 Å². The molecule has 0 atom stereocenters. The first-order valence-corrected chi connectivity index (χ1v) is 13.2. The van der Waals surface area contributed by atoms with Gasteiger partial charge in [0.25, 0.3) is 0 Å². The maximum absolute atomic E-state index is 5.72. The number of hydrogen-bond donors (Lipinski definition) is 1. The number of piperidine rings is 1. The third kappa shape index (κ3) is 6.24. The molecule has 0 unspecified atom stereocenters. The van der Waals surface area contributed by atoms with Gasteiger partial charge in [-0.1, -0.05) is 13.8 Å². The van der Waals surface area contributed by atoms with Gasteiger partial charge in [-0.05, 0) is 82.4 Å². The van der Waals surface area contributed by atoms with Crippen LogP contribution in [0.1, 0.15) is 63.6 Å². The Hall–Kier alpha value is -2.18. The standard InChI is InChI=1S/C25H35N5O.C2H6/c1-2-16-30(17-3-1)21-9-7-20(8-10-21)24-27-23-11-18-31-19-22(23)25(28-24)26-12-6-15-29-13-4-5-14-29;1-2/h7-10H,1-6,11-19H2,(H,26,27,28);1-2H3. The van der Waals surface area contributed by atoms with Crippen LogP contribution in [-0.2, 0) is 17.8 Å². The Balaban J connectivity index is 0.00000126. The van der Waals surface area contributed by atoms with Gasteiger partial charge in [0.15, 0.2) is 5.82 Å². The zero-order valence-corrected chi connectivity index (χ0v) is 20.6. The largest absolute Gasteiger partial charge is 0.376 e. The van der Waals surface area contributed by atoms with Crippen LogP contribution in [0.15, 0.2) is 24.3 Å². The average molecular weight is 452 g/mol. The Bertz CT molecular complexity index is 858. The summed E-state index contributed by atoms with van der Waals surface area (Å²) in [7, 11) is 0. The van der Waals surface area contributed by atoms with E-state index in [0.717, 1.165) is 54.5 Å². The predicted octanol–water partition coefficient (Wildman–Crippen LogP) is 5.13. The van der Waals surface area contributed by atoms with Crippen LogP contribution in [0.4, 0.5) is 11.5 Å². The third-order valence-corrected chi connectivity index (χ3v) is 6.81. The molecule has 1 aromatic heterocycles. The van der Waals surface area contributed by atoms with Gasteiger partial charge in [-0.2, -0.15) is 0 Å². The second-order valence-electron chi connectivity index (χ2n) is 9.05. The maximum Gasteiger partial charge on any atom is 0.161 e. The smallest absolute Gasteiger partial charge is 0.161 e. The van der Waals surface area contributed by atoms with E-state index in [-0.39, 0.29) is 0 Å². The van der Waals surface area contributed by atoms with E-state index in [2.05, 4.69) is 39.4 Å². The van der Waals surface area contributed by atoms with Crippen molar-refractivity contribution >= 4 is 11.5 Å². The molecule has 0 saturated carbocycles. The number of anilines is 2. The zero-order valence-electron chi connectivity index (χ0n) is 20.6. The number of benzene rings is 1. The van der Waals surface area contributed by atoms with Crippen LogP contribution in [0.5, 0.6) is 0 Å². The molecule has 6 heteroatoms.